The monoisotopic (exact) mass is 226 g/mol. The molecule has 0 fully saturated rings. The molecule has 2 aromatic rings. The highest BCUT2D eigenvalue weighted by atomic mass is 32.1. The molecular weight excluding hydrogens is 216 g/mol. The first-order valence-electron chi connectivity index (χ1n) is 4.23. The van der Waals surface area contributed by atoms with E-state index in [1.165, 1.54) is 10.2 Å². The van der Waals surface area contributed by atoms with Crippen LogP contribution in [0.4, 0.5) is 0 Å². The Balaban J connectivity index is 2.60. The van der Waals surface area contributed by atoms with Crippen molar-refractivity contribution in [1.82, 2.24) is 14.9 Å². The number of rotatable bonds is 2. The van der Waals surface area contributed by atoms with Gasteiger partial charge in [0.2, 0.25) is 4.77 Å². The summed E-state index contributed by atoms with van der Waals surface area (Å²) in [6, 6.07) is 2.08. The van der Waals surface area contributed by atoms with Crippen molar-refractivity contribution in [3.8, 4) is 10.7 Å². The Hall–Kier alpha value is -1.14. The van der Waals surface area contributed by atoms with Crippen molar-refractivity contribution < 1.29 is 0 Å². The highest BCUT2D eigenvalue weighted by Gasteiger charge is 2.11. The van der Waals surface area contributed by atoms with Gasteiger partial charge < -0.3 is 5.84 Å². The van der Waals surface area contributed by atoms with Gasteiger partial charge in [0, 0.05) is 0 Å². The van der Waals surface area contributed by atoms with Crippen LogP contribution in [0.1, 0.15) is 12.5 Å². The average molecular weight is 226 g/mol. The van der Waals surface area contributed by atoms with Crippen LogP contribution in [0.25, 0.3) is 10.7 Å². The Bertz CT molecular complexity index is 493. The van der Waals surface area contributed by atoms with Gasteiger partial charge in [-0.25, -0.2) is 9.77 Å². The van der Waals surface area contributed by atoms with E-state index in [2.05, 4.69) is 23.2 Å². The molecule has 6 heteroatoms. The van der Waals surface area contributed by atoms with E-state index in [9.17, 15) is 0 Å². The van der Waals surface area contributed by atoms with Gasteiger partial charge in [0.05, 0.1) is 4.88 Å². The molecule has 0 amide bonds. The summed E-state index contributed by atoms with van der Waals surface area (Å²) in [5.41, 5.74) is 1.25. The number of aromatic amines is 1. The molecule has 0 spiro atoms. The van der Waals surface area contributed by atoms with Crippen LogP contribution in [0.3, 0.4) is 0 Å². The van der Waals surface area contributed by atoms with Crippen molar-refractivity contribution in [1.29, 1.82) is 0 Å². The number of aromatic nitrogens is 3. The first kappa shape index (κ1) is 9.42. The Morgan fingerprint density at radius 3 is 3.07 bits per heavy atom. The molecule has 0 aliphatic carbocycles. The summed E-state index contributed by atoms with van der Waals surface area (Å²) in [7, 11) is 0. The fourth-order valence-electron chi connectivity index (χ4n) is 1.28. The molecule has 4 nitrogen and oxygen atoms in total. The number of hydrogen-bond acceptors (Lipinski definition) is 4. The molecule has 0 aliphatic heterocycles. The third-order valence-electron chi connectivity index (χ3n) is 2.04. The average Bonchev–Trinajstić information content (AvgIpc) is 2.75. The van der Waals surface area contributed by atoms with Crippen LogP contribution >= 0.6 is 23.6 Å². The number of H-pyrrole nitrogens is 1. The fourth-order valence-corrected chi connectivity index (χ4v) is 2.39. The van der Waals surface area contributed by atoms with Crippen LogP contribution in [-0.4, -0.2) is 14.9 Å². The zero-order valence-corrected chi connectivity index (χ0v) is 9.28. The van der Waals surface area contributed by atoms with E-state index in [1.807, 2.05) is 5.38 Å². The zero-order chi connectivity index (χ0) is 10.1. The molecule has 2 aromatic heterocycles. The second-order valence-corrected chi connectivity index (χ2v) is 4.15. The molecule has 3 N–H and O–H groups in total. The molecule has 0 unspecified atom stereocenters. The van der Waals surface area contributed by atoms with E-state index in [0.29, 0.717) is 10.6 Å². The Labute approximate surface area is 90.4 Å². The van der Waals surface area contributed by atoms with Gasteiger partial charge in [0.1, 0.15) is 0 Å². The van der Waals surface area contributed by atoms with Crippen LogP contribution in [0.5, 0.6) is 0 Å². The smallest absolute Gasteiger partial charge is 0.214 e. The summed E-state index contributed by atoms with van der Waals surface area (Å²) in [6.45, 7) is 2.10. The van der Waals surface area contributed by atoms with E-state index in [-0.39, 0.29) is 0 Å². The number of hydrogen-bond donors (Lipinski definition) is 2. The Kier molecular flexibility index (Phi) is 2.39. The first-order valence-corrected chi connectivity index (χ1v) is 5.52. The van der Waals surface area contributed by atoms with Crippen molar-refractivity contribution in [2.75, 3.05) is 5.84 Å². The standard InChI is InChI=1S/C8H10N4S2/c1-2-5-3-4-14-6(5)7-10-11-8(13)12(7)9/h3-4H,2,9H2,1H3,(H,11,13). The molecule has 0 bridgehead atoms. The maximum absolute atomic E-state index is 5.74. The van der Waals surface area contributed by atoms with Gasteiger partial charge in [-0.05, 0) is 35.6 Å². The summed E-state index contributed by atoms with van der Waals surface area (Å²) >= 11 is 6.58. The van der Waals surface area contributed by atoms with Crippen LogP contribution < -0.4 is 5.84 Å². The quantitative estimate of drug-likeness (QED) is 0.608. The molecule has 0 aliphatic rings. The van der Waals surface area contributed by atoms with Crippen LogP contribution in [-0.2, 0) is 6.42 Å². The lowest BCUT2D eigenvalue weighted by Crippen LogP contribution is -2.09. The molecule has 14 heavy (non-hydrogen) atoms. The topological polar surface area (TPSA) is 59.6 Å². The van der Waals surface area contributed by atoms with E-state index < -0.39 is 0 Å². The van der Waals surface area contributed by atoms with E-state index in [4.69, 9.17) is 18.1 Å². The van der Waals surface area contributed by atoms with Crippen molar-refractivity contribution in [3.63, 3.8) is 0 Å². The molecule has 2 rings (SSSR count). The van der Waals surface area contributed by atoms with Gasteiger partial charge in [-0.3, -0.25) is 0 Å². The van der Waals surface area contributed by atoms with Crippen LogP contribution in [0, 0.1) is 4.77 Å². The highest BCUT2D eigenvalue weighted by molar-refractivity contribution is 7.71. The summed E-state index contributed by atoms with van der Waals surface area (Å²) < 4.78 is 1.84. The molecule has 0 saturated heterocycles. The van der Waals surface area contributed by atoms with Gasteiger partial charge in [0.25, 0.3) is 0 Å². The molecule has 74 valence electrons. The molecule has 0 saturated carbocycles. The zero-order valence-electron chi connectivity index (χ0n) is 7.65. The summed E-state index contributed by atoms with van der Waals surface area (Å²) in [5.74, 6) is 6.45. The summed E-state index contributed by atoms with van der Waals surface area (Å²) in [6.07, 6.45) is 0.971. The van der Waals surface area contributed by atoms with Gasteiger partial charge in [-0.15, -0.1) is 11.3 Å². The van der Waals surface area contributed by atoms with Crippen LogP contribution in [0.15, 0.2) is 11.4 Å². The first-order chi connectivity index (χ1) is 6.74. The predicted octanol–water partition coefficient (Wildman–Crippen LogP) is 1.95. The number of nitrogens with two attached hydrogens (primary N) is 1. The summed E-state index contributed by atoms with van der Waals surface area (Å²) in [5, 5.41) is 8.81. The number of nitrogens with zero attached hydrogens (tertiary/aromatic N) is 2. The van der Waals surface area contributed by atoms with Crippen molar-refractivity contribution in [2.24, 2.45) is 0 Å². The van der Waals surface area contributed by atoms with E-state index in [0.717, 1.165) is 11.3 Å². The molecule has 0 radical (unpaired) electrons. The van der Waals surface area contributed by atoms with Crippen molar-refractivity contribution >= 4 is 23.6 Å². The molecule has 2 heterocycles. The lowest BCUT2D eigenvalue weighted by molar-refractivity contribution is 0.983. The maximum atomic E-state index is 5.74. The van der Waals surface area contributed by atoms with Gasteiger partial charge in [-0.2, -0.15) is 5.10 Å². The van der Waals surface area contributed by atoms with Crippen molar-refractivity contribution in [2.45, 2.75) is 13.3 Å². The summed E-state index contributed by atoms with van der Waals surface area (Å²) in [4.78, 5) is 1.09. The third-order valence-corrected chi connectivity index (χ3v) is 3.28. The SMILES string of the molecule is CCc1ccsc1-c1n[nH]c(=S)n1N. The predicted molar refractivity (Wildman–Crippen MR) is 60.3 cm³/mol. The minimum atomic E-state index is 0.440. The normalized spacial score (nSPS) is 10.6. The maximum Gasteiger partial charge on any atom is 0.214 e. The minimum absolute atomic E-state index is 0.440. The second-order valence-electron chi connectivity index (χ2n) is 2.85. The second kappa shape index (κ2) is 3.55. The Morgan fingerprint density at radius 1 is 1.71 bits per heavy atom. The third kappa shape index (κ3) is 1.36. The highest BCUT2D eigenvalue weighted by Crippen LogP contribution is 2.27. The lowest BCUT2D eigenvalue weighted by atomic mass is 10.2. The largest absolute Gasteiger partial charge is 0.335 e. The van der Waals surface area contributed by atoms with Gasteiger partial charge in [0.15, 0.2) is 5.82 Å². The molecule has 0 atom stereocenters. The van der Waals surface area contributed by atoms with Gasteiger partial charge >= 0.3 is 0 Å². The molecular formula is C8H10N4S2. The van der Waals surface area contributed by atoms with E-state index in [1.54, 1.807) is 11.3 Å². The fraction of sp³-hybridized carbons (Fsp3) is 0.250. The van der Waals surface area contributed by atoms with Gasteiger partial charge in [-0.1, -0.05) is 6.92 Å². The Morgan fingerprint density at radius 2 is 2.50 bits per heavy atom. The number of nitrogen functional groups attached to an aromatic ring is 1. The lowest BCUT2D eigenvalue weighted by Gasteiger charge is -1.99. The van der Waals surface area contributed by atoms with Crippen molar-refractivity contribution in [3.05, 3.63) is 21.8 Å². The number of aryl methyl sites for hydroxylation is 1. The van der Waals surface area contributed by atoms with E-state index >= 15 is 0 Å². The van der Waals surface area contributed by atoms with Crippen LogP contribution in [0.2, 0.25) is 0 Å². The number of thiophene rings is 1. The number of nitrogens with one attached hydrogen (secondary N) is 1. The minimum Gasteiger partial charge on any atom is -0.335 e. The molecule has 0 aromatic carbocycles.